The SMILES string of the molecule is NNC(Cc1cccc(Cl)c1)c1cc(F)ccc1Br. The Balaban J connectivity index is 2.27. The monoisotopic (exact) mass is 342 g/mol. The third-order valence-electron chi connectivity index (χ3n) is 2.86. The van der Waals surface area contributed by atoms with Gasteiger partial charge in [0.15, 0.2) is 0 Å². The molecule has 0 aliphatic carbocycles. The molecule has 0 spiro atoms. The highest BCUT2D eigenvalue weighted by molar-refractivity contribution is 9.10. The second-order valence-electron chi connectivity index (χ2n) is 4.22. The second kappa shape index (κ2) is 6.48. The first-order valence-electron chi connectivity index (χ1n) is 5.75. The van der Waals surface area contributed by atoms with E-state index in [4.69, 9.17) is 17.4 Å². The molecule has 0 heterocycles. The van der Waals surface area contributed by atoms with Crippen molar-refractivity contribution >= 4 is 27.5 Å². The summed E-state index contributed by atoms with van der Waals surface area (Å²) in [6.45, 7) is 0. The Morgan fingerprint density at radius 2 is 2.05 bits per heavy atom. The fourth-order valence-electron chi connectivity index (χ4n) is 1.94. The van der Waals surface area contributed by atoms with E-state index in [1.165, 1.54) is 12.1 Å². The molecule has 0 aliphatic rings. The highest BCUT2D eigenvalue weighted by Crippen LogP contribution is 2.27. The van der Waals surface area contributed by atoms with E-state index in [0.717, 1.165) is 15.6 Å². The topological polar surface area (TPSA) is 38.0 Å². The van der Waals surface area contributed by atoms with Crippen molar-refractivity contribution in [3.63, 3.8) is 0 Å². The molecule has 1 atom stereocenters. The minimum Gasteiger partial charge on any atom is -0.271 e. The third-order valence-corrected chi connectivity index (χ3v) is 3.82. The minimum atomic E-state index is -0.287. The van der Waals surface area contributed by atoms with Gasteiger partial charge in [-0.2, -0.15) is 0 Å². The van der Waals surface area contributed by atoms with Crippen LogP contribution in [0.15, 0.2) is 46.9 Å². The molecule has 3 N–H and O–H groups in total. The molecule has 0 radical (unpaired) electrons. The maximum atomic E-state index is 13.3. The Morgan fingerprint density at radius 1 is 1.26 bits per heavy atom. The van der Waals surface area contributed by atoms with Gasteiger partial charge in [0.05, 0.1) is 6.04 Å². The zero-order valence-electron chi connectivity index (χ0n) is 10.0. The van der Waals surface area contributed by atoms with Crippen molar-refractivity contribution in [2.75, 3.05) is 0 Å². The highest BCUT2D eigenvalue weighted by Gasteiger charge is 2.14. The molecule has 0 saturated carbocycles. The van der Waals surface area contributed by atoms with Gasteiger partial charge in [-0.25, -0.2) is 4.39 Å². The van der Waals surface area contributed by atoms with E-state index in [9.17, 15) is 4.39 Å². The Hall–Kier alpha value is -0.940. The van der Waals surface area contributed by atoms with Crippen molar-refractivity contribution in [2.45, 2.75) is 12.5 Å². The van der Waals surface area contributed by atoms with E-state index in [2.05, 4.69) is 21.4 Å². The molecule has 0 aliphatic heterocycles. The smallest absolute Gasteiger partial charge is 0.123 e. The van der Waals surface area contributed by atoms with Crippen LogP contribution < -0.4 is 11.3 Å². The predicted molar refractivity (Wildman–Crippen MR) is 79.3 cm³/mol. The van der Waals surface area contributed by atoms with Crippen LogP contribution in [0.1, 0.15) is 17.2 Å². The van der Waals surface area contributed by atoms with Gasteiger partial charge in [-0.15, -0.1) is 0 Å². The summed E-state index contributed by atoms with van der Waals surface area (Å²) in [5, 5.41) is 0.673. The van der Waals surface area contributed by atoms with Crippen LogP contribution >= 0.6 is 27.5 Å². The fourth-order valence-corrected chi connectivity index (χ4v) is 2.68. The summed E-state index contributed by atoms with van der Waals surface area (Å²) in [6, 6.07) is 11.9. The number of hydrogen-bond donors (Lipinski definition) is 2. The number of halogens is 3. The molecule has 19 heavy (non-hydrogen) atoms. The quantitative estimate of drug-likeness (QED) is 0.651. The molecular weight excluding hydrogens is 331 g/mol. The largest absolute Gasteiger partial charge is 0.271 e. The molecule has 2 rings (SSSR count). The van der Waals surface area contributed by atoms with E-state index in [-0.39, 0.29) is 11.9 Å². The molecule has 0 fully saturated rings. The zero-order valence-corrected chi connectivity index (χ0v) is 12.4. The summed E-state index contributed by atoms with van der Waals surface area (Å²) >= 11 is 9.36. The molecule has 0 aromatic heterocycles. The van der Waals surface area contributed by atoms with Gasteiger partial charge >= 0.3 is 0 Å². The zero-order chi connectivity index (χ0) is 13.8. The first-order valence-corrected chi connectivity index (χ1v) is 6.93. The first-order chi connectivity index (χ1) is 9.10. The van der Waals surface area contributed by atoms with Crippen molar-refractivity contribution in [3.05, 3.63) is 68.9 Å². The van der Waals surface area contributed by atoms with Gasteiger partial charge < -0.3 is 0 Å². The number of hydrogen-bond acceptors (Lipinski definition) is 2. The van der Waals surface area contributed by atoms with Crippen LogP contribution in [-0.2, 0) is 6.42 Å². The van der Waals surface area contributed by atoms with Crippen LogP contribution in [0.5, 0.6) is 0 Å². The Morgan fingerprint density at radius 3 is 2.74 bits per heavy atom. The molecule has 1 unspecified atom stereocenters. The number of benzene rings is 2. The molecule has 2 aromatic carbocycles. The number of hydrazine groups is 1. The maximum Gasteiger partial charge on any atom is 0.123 e. The lowest BCUT2D eigenvalue weighted by Crippen LogP contribution is -2.30. The van der Waals surface area contributed by atoms with Crippen LogP contribution in [0, 0.1) is 5.82 Å². The number of rotatable bonds is 4. The number of nitrogens with two attached hydrogens (primary N) is 1. The van der Waals surface area contributed by atoms with Gasteiger partial charge in [0.25, 0.3) is 0 Å². The lowest BCUT2D eigenvalue weighted by Gasteiger charge is -2.18. The van der Waals surface area contributed by atoms with Gasteiger partial charge in [0.2, 0.25) is 0 Å². The van der Waals surface area contributed by atoms with Crippen LogP contribution in [0.2, 0.25) is 5.02 Å². The molecule has 0 amide bonds. The molecule has 0 bridgehead atoms. The van der Waals surface area contributed by atoms with Crippen LogP contribution in [0.3, 0.4) is 0 Å². The second-order valence-corrected chi connectivity index (χ2v) is 5.51. The molecule has 0 saturated heterocycles. The van der Waals surface area contributed by atoms with E-state index < -0.39 is 0 Å². The van der Waals surface area contributed by atoms with Crippen molar-refractivity contribution in [1.29, 1.82) is 0 Å². The Labute approximate surface area is 124 Å². The van der Waals surface area contributed by atoms with E-state index in [1.54, 1.807) is 6.07 Å². The Bertz CT molecular complexity index is 577. The molecular formula is C14H13BrClFN2. The van der Waals surface area contributed by atoms with Gasteiger partial charge in [-0.3, -0.25) is 11.3 Å². The third kappa shape index (κ3) is 3.76. The van der Waals surface area contributed by atoms with E-state index >= 15 is 0 Å². The molecule has 2 nitrogen and oxygen atoms in total. The van der Waals surface area contributed by atoms with Crippen molar-refractivity contribution in [1.82, 2.24) is 5.43 Å². The summed E-state index contributed by atoms with van der Waals surface area (Å²) in [5.41, 5.74) is 4.53. The summed E-state index contributed by atoms with van der Waals surface area (Å²) in [7, 11) is 0. The minimum absolute atomic E-state index is 0.191. The van der Waals surface area contributed by atoms with Gasteiger partial charge in [-0.05, 0) is 47.9 Å². The van der Waals surface area contributed by atoms with E-state index in [1.807, 2.05) is 24.3 Å². The normalized spacial score (nSPS) is 12.4. The summed E-state index contributed by atoms with van der Waals surface area (Å²) < 4.78 is 14.2. The van der Waals surface area contributed by atoms with E-state index in [0.29, 0.717) is 11.4 Å². The van der Waals surface area contributed by atoms with Crippen LogP contribution in [0.4, 0.5) is 4.39 Å². The lowest BCUT2D eigenvalue weighted by atomic mass is 9.99. The summed E-state index contributed by atoms with van der Waals surface area (Å²) in [6.07, 6.45) is 0.624. The van der Waals surface area contributed by atoms with Gasteiger partial charge in [0, 0.05) is 9.50 Å². The standard InChI is InChI=1S/C14H13BrClFN2/c15-13-5-4-11(17)8-12(13)14(19-18)7-9-2-1-3-10(16)6-9/h1-6,8,14,19H,7,18H2. The van der Waals surface area contributed by atoms with Crippen LogP contribution in [-0.4, -0.2) is 0 Å². The van der Waals surface area contributed by atoms with Crippen molar-refractivity contribution in [2.24, 2.45) is 5.84 Å². The molecule has 5 heteroatoms. The van der Waals surface area contributed by atoms with Crippen molar-refractivity contribution in [3.8, 4) is 0 Å². The summed E-state index contributed by atoms with van der Waals surface area (Å²) in [5.74, 6) is 5.30. The maximum absolute atomic E-state index is 13.3. The average molecular weight is 344 g/mol. The molecule has 2 aromatic rings. The van der Waals surface area contributed by atoms with Crippen LogP contribution in [0.25, 0.3) is 0 Å². The van der Waals surface area contributed by atoms with Gasteiger partial charge in [0.1, 0.15) is 5.82 Å². The molecule has 100 valence electrons. The average Bonchev–Trinajstić information content (AvgIpc) is 2.39. The van der Waals surface area contributed by atoms with Gasteiger partial charge in [-0.1, -0.05) is 39.7 Å². The van der Waals surface area contributed by atoms with Crippen molar-refractivity contribution < 1.29 is 4.39 Å². The Kier molecular flexibility index (Phi) is 4.93. The highest BCUT2D eigenvalue weighted by atomic mass is 79.9. The predicted octanol–water partition coefficient (Wildman–Crippen LogP) is 3.99. The first kappa shape index (κ1) is 14.5. The fraction of sp³-hybridized carbons (Fsp3) is 0.143. The lowest BCUT2D eigenvalue weighted by molar-refractivity contribution is 0.542. The number of nitrogens with one attached hydrogen (secondary N) is 1. The summed E-state index contributed by atoms with van der Waals surface area (Å²) in [4.78, 5) is 0.